The van der Waals surface area contributed by atoms with Crippen molar-refractivity contribution in [2.45, 2.75) is 30.7 Å². The van der Waals surface area contributed by atoms with Crippen LogP contribution in [0.1, 0.15) is 19.8 Å². The Balaban J connectivity index is 2.14. The molecule has 0 aromatic heterocycles. The third-order valence-corrected chi connectivity index (χ3v) is 5.39. The lowest BCUT2D eigenvalue weighted by molar-refractivity contribution is 0.0585. The first-order valence-corrected chi connectivity index (χ1v) is 8.46. The fourth-order valence-electron chi connectivity index (χ4n) is 2.48. The molecular formula is C14H22N2O4S. The van der Waals surface area contributed by atoms with Crippen LogP contribution in [-0.2, 0) is 14.8 Å². The lowest BCUT2D eigenvalue weighted by atomic mass is 9.94. The molecule has 1 unspecified atom stereocenters. The number of ether oxygens (including phenoxy) is 2. The molecule has 0 amide bonds. The zero-order chi connectivity index (χ0) is 15.5. The number of anilines is 1. The standard InChI is InChI=1S/C14H22N2O4S/c1-10(11-5-7-20-8-6-11)16-21(17,18)12-3-4-13(15)14(9-12)19-2/h3-4,9-11,16H,5-8,15H2,1-2H3. The summed E-state index contributed by atoms with van der Waals surface area (Å²) in [5.74, 6) is 0.654. The maximum Gasteiger partial charge on any atom is 0.240 e. The second-order valence-corrected chi connectivity index (χ2v) is 6.98. The highest BCUT2D eigenvalue weighted by atomic mass is 32.2. The summed E-state index contributed by atoms with van der Waals surface area (Å²) < 4.78 is 38.0. The fourth-order valence-corrected chi connectivity index (χ4v) is 3.81. The van der Waals surface area contributed by atoms with Crippen LogP contribution in [0.5, 0.6) is 5.75 Å². The number of rotatable bonds is 5. The van der Waals surface area contributed by atoms with Gasteiger partial charge in [-0.25, -0.2) is 13.1 Å². The summed E-state index contributed by atoms with van der Waals surface area (Å²) >= 11 is 0. The summed E-state index contributed by atoms with van der Waals surface area (Å²) in [6.07, 6.45) is 1.74. The Labute approximate surface area is 125 Å². The number of sulfonamides is 1. The second-order valence-electron chi connectivity index (χ2n) is 5.26. The minimum Gasteiger partial charge on any atom is -0.495 e. The summed E-state index contributed by atoms with van der Waals surface area (Å²) in [4.78, 5) is 0.160. The minimum absolute atomic E-state index is 0.137. The molecule has 0 bridgehead atoms. The Morgan fingerprint density at radius 3 is 2.67 bits per heavy atom. The molecule has 1 aliphatic heterocycles. The molecule has 0 spiro atoms. The van der Waals surface area contributed by atoms with Gasteiger partial charge in [-0.15, -0.1) is 0 Å². The van der Waals surface area contributed by atoms with Crippen LogP contribution in [0, 0.1) is 5.92 Å². The highest BCUT2D eigenvalue weighted by Crippen LogP contribution is 2.26. The molecule has 118 valence electrons. The lowest BCUT2D eigenvalue weighted by Gasteiger charge is -2.28. The van der Waals surface area contributed by atoms with Gasteiger partial charge < -0.3 is 15.2 Å². The Hall–Kier alpha value is -1.31. The van der Waals surface area contributed by atoms with Crippen molar-refractivity contribution in [3.63, 3.8) is 0 Å². The molecule has 1 aromatic rings. The number of hydrogen-bond donors (Lipinski definition) is 2. The first-order valence-electron chi connectivity index (χ1n) is 6.97. The predicted molar refractivity (Wildman–Crippen MR) is 80.7 cm³/mol. The van der Waals surface area contributed by atoms with Gasteiger partial charge in [0.05, 0.1) is 17.7 Å². The normalized spacial score (nSPS) is 18.4. The van der Waals surface area contributed by atoms with Crippen LogP contribution < -0.4 is 15.2 Å². The average molecular weight is 314 g/mol. The van der Waals surface area contributed by atoms with Gasteiger partial charge in [-0.1, -0.05) is 0 Å². The molecule has 1 atom stereocenters. The van der Waals surface area contributed by atoms with E-state index in [0.29, 0.717) is 30.6 Å². The number of benzene rings is 1. The van der Waals surface area contributed by atoms with Crippen molar-refractivity contribution in [2.75, 3.05) is 26.1 Å². The quantitative estimate of drug-likeness (QED) is 0.801. The van der Waals surface area contributed by atoms with E-state index in [2.05, 4.69) is 4.72 Å². The molecule has 1 aliphatic rings. The lowest BCUT2D eigenvalue weighted by Crippen LogP contribution is -2.40. The topological polar surface area (TPSA) is 90.7 Å². The van der Waals surface area contributed by atoms with Crippen LogP contribution in [0.4, 0.5) is 5.69 Å². The first kappa shape index (κ1) is 16.1. The zero-order valence-electron chi connectivity index (χ0n) is 12.3. The van der Waals surface area contributed by atoms with Crippen molar-refractivity contribution in [1.29, 1.82) is 0 Å². The summed E-state index contributed by atoms with van der Waals surface area (Å²) in [7, 11) is -2.13. The molecule has 2 rings (SSSR count). The van der Waals surface area contributed by atoms with Gasteiger partial charge >= 0.3 is 0 Å². The van der Waals surface area contributed by atoms with Crippen LogP contribution in [0.25, 0.3) is 0 Å². The van der Waals surface area contributed by atoms with E-state index in [0.717, 1.165) is 12.8 Å². The van der Waals surface area contributed by atoms with Crippen molar-refractivity contribution in [3.05, 3.63) is 18.2 Å². The highest BCUT2D eigenvalue weighted by molar-refractivity contribution is 7.89. The molecule has 1 saturated heterocycles. The SMILES string of the molecule is COc1cc(S(=O)(=O)NC(C)C2CCOCC2)ccc1N. The van der Waals surface area contributed by atoms with Crippen LogP contribution in [0.2, 0.25) is 0 Å². The maximum absolute atomic E-state index is 12.4. The zero-order valence-corrected chi connectivity index (χ0v) is 13.2. The van der Waals surface area contributed by atoms with Gasteiger partial charge in [0.25, 0.3) is 0 Å². The number of nitrogen functional groups attached to an aromatic ring is 1. The fraction of sp³-hybridized carbons (Fsp3) is 0.571. The largest absolute Gasteiger partial charge is 0.495 e. The van der Waals surface area contributed by atoms with E-state index in [4.69, 9.17) is 15.2 Å². The summed E-state index contributed by atoms with van der Waals surface area (Å²) in [5.41, 5.74) is 6.12. The summed E-state index contributed by atoms with van der Waals surface area (Å²) in [6, 6.07) is 4.32. The maximum atomic E-state index is 12.4. The summed E-state index contributed by atoms with van der Waals surface area (Å²) in [5, 5.41) is 0. The first-order chi connectivity index (χ1) is 9.94. The van der Waals surface area contributed by atoms with E-state index in [1.54, 1.807) is 0 Å². The van der Waals surface area contributed by atoms with Crippen molar-refractivity contribution < 1.29 is 17.9 Å². The van der Waals surface area contributed by atoms with Crippen molar-refractivity contribution >= 4 is 15.7 Å². The number of nitrogens with one attached hydrogen (secondary N) is 1. The van der Waals surface area contributed by atoms with Crippen LogP contribution in [0.15, 0.2) is 23.1 Å². The van der Waals surface area contributed by atoms with Crippen molar-refractivity contribution in [3.8, 4) is 5.75 Å². The Bertz CT molecular complexity index is 583. The van der Waals surface area contributed by atoms with Gasteiger partial charge in [0.1, 0.15) is 5.75 Å². The molecular weight excluding hydrogens is 292 g/mol. The molecule has 1 aromatic carbocycles. The second kappa shape index (κ2) is 6.64. The van der Waals surface area contributed by atoms with Gasteiger partial charge in [-0.3, -0.25) is 0 Å². The van der Waals surface area contributed by atoms with E-state index >= 15 is 0 Å². The van der Waals surface area contributed by atoms with E-state index < -0.39 is 10.0 Å². The number of hydrogen-bond acceptors (Lipinski definition) is 5. The number of nitrogens with two attached hydrogens (primary N) is 1. The summed E-state index contributed by atoms with van der Waals surface area (Å²) in [6.45, 7) is 3.26. The van der Waals surface area contributed by atoms with Gasteiger partial charge in [-0.2, -0.15) is 0 Å². The Kier molecular flexibility index (Phi) is 5.08. The van der Waals surface area contributed by atoms with Crippen LogP contribution in [-0.4, -0.2) is 34.8 Å². The smallest absolute Gasteiger partial charge is 0.240 e. The molecule has 0 saturated carbocycles. The molecule has 21 heavy (non-hydrogen) atoms. The predicted octanol–water partition coefficient (Wildman–Crippen LogP) is 1.37. The monoisotopic (exact) mass is 314 g/mol. The molecule has 3 N–H and O–H groups in total. The molecule has 1 heterocycles. The van der Waals surface area contributed by atoms with E-state index in [1.165, 1.54) is 25.3 Å². The molecule has 0 radical (unpaired) electrons. The van der Waals surface area contributed by atoms with Gasteiger partial charge in [0.2, 0.25) is 10.0 Å². The third kappa shape index (κ3) is 3.87. The highest BCUT2D eigenvalue weighted by Gasteiger charge is 2.25. The van der Waals surface area contributed by atoms with Gasteiger partial charge in [0.15, 0.2) is 0 Å². The van der Waals surface area contributed by atoms with E-state index in [1.807, 2.05) is 6.92 Å². The van der Waals surface area contributed by atoms with Crippen LogP contribution >= 0.6 is 0 Å². The van der Waals surface area contributed by atoms with E-state index in [9.17, 15) is 8.42 Å². The molecule has 6 nitrogen and oxygen atoms in total. The van der Waals surface area contributed by atoms with Crippen molar-refractivity contribution in [1.82, 2.24) is 4.72 Å². The minimum atomic E-state index is -3.58. The molecule has 1 fully saturated rings. The van der Waals surface area contributed by atoms with Crippen molar-refractivity contribution in [2.24, 2.45) is 5.92 Å². The van der Waals surface area contributed by atoms with Gasteiger partial charge in [0, 0.05) is 25.3 Å². The Morgan fingerprint density at radius 2 is 2.05 bits per heavy atom. The van der Waals surface area contributed by atoms with E-state index in [-0.39, 0.29) is 10.9 Å². The third-order valence-electron chi connectivity index (χ3n) is 3.83. The van der Waals surface area contributed by atoms with Crippen LogP contribution in [0.3, 0.4) is 0 Å². The molecule has 0 aliphatic carbocycles. The van der Waals surface area contributed by atoms with Gasteiger partial charge in [-0.05, 0) is 37.8 Å². The molecule has 7 heteroatoms. The average Bonchev–Trinajstić information content (AvgIpc) is 2.48. The Morgan fingerprint density at radius 1 is 1.38 bits per heavy atom. The number of methoxy groups -OCH3 is 1.